The van der Waals surface area contributed by atoms with E-state index in [1.54, 1.807) is 42.5 Å². The largest absolute Gasteiger partial charge is 0.497 e. The fourth-order valence-electron chi connectivity index (χ4n) is 3.18. The molecule has 0 atom stereocenters. The zero-order valence-electron chi connectivity index (χ0n) is 19.1. The van der Waals surface area contributed by atoms with Crippen molar-refractivity contribution in [2.24, 2.45) is 0 Å². The third kappa shape index (κ3) is 5.41. The molecule has 2 N–H and O–H groups in total. The minimum atomic E-state index is -3.91. The molecule has 3 aromatic carbocycles. The molecule has 0 unspecified atom stereocenters. The molecule has 0 saturated carbocycles. The number of carbonyl (C=O) groups is 1. The summed E-state index contributed by atoms with van der Waals surface area (Å²) in [5, 5.41) is 10.3. The number of amides is 1. The number of methoxy groups -OCH3 is 2. The lowest BCUT2D eigenvalue weighted by Crippen LogP contribution is -2.18. The van der Waals surface area contributed by atoms with E-state index >= 15 is 0 Å². The minimum Gasteiger partial charge on any atom is -0.497 e. The number of nitrogens with zero attached hydrogens (tertiary/aromatic N) is 2. The topological polar surface area (TPSA) is 133 Å². The van der Waals surface area contributed by atoms with E-state index in [-0.39, 0.29) is 28.1 Å². The van der Waals surface area contributed by atoms with Gasteiger partial charge in [-0.2, -0.15) is 0 Å². The van der Waals surface area contributed by atoms with Crippen LogP contribution in [0.1, 0.15) is 15.9 Å². The van der Waals surface area contributed by atoms with E-state index in [1.165, 1.54) is 38.5 Å². The summed E-state index contributed by atoms with van der Waals surface area (Å²) in [7, 11) is -0.876. The minimum absolute atomic E-state index is 0.0750. The molecule has 0 bridgehead atoms. The quantitative estimate of drug-likeness (QED) is 0.374. The molecule has 11 heteroatoms. The van der Waals surface area contributed by atoms with E-state index in [0.717, 1.165) is 5.56 Å². The smallest absolute Gasteiger partial charge is 0.322 e. The Labute approximate surface area is 202 Å². The molecule has 0 aliphatic carbocycles. The predicted molar refractivity (Wildman–Crippen MR) is 129 cm³/mol. The van der Waals surface area contributed by atoms with Crippen molar-refractivity contribution in [2.75, 3.05) is 24.3 Å². The number of sulfonamides is 1. The van der Waals surface area contributed by atoms with Gasteiger partial charge in [0.05, 0.1) is 30.4 Å². The van der Waals surface area contributed by atoms with Gasteiger partial charge in [0.2, 0.25) is 5.89 Å². The first-order valence-electron chi connectivity index (χ1n) is 10.4. The summed E-state index contributed by atoms with van der Waals surface area (Å²) < 4.78 is 44.1. The molecular formula is C24H22N4O6S. The molecule has 0 fully saturated rings. The van der Waals surface area contributed by atoms with Gasteiger partial charge < -0.3 is 13.9 Å². The first-order chi connectivity index (χ1) is 16.8. The number of rotatable bonds is 8. The number of anilines is 2. The zero-order chi connectivity index (χ0) is 25.0. The third-order valence-corrected chi connectivity index (χ3v) is 6.37. The van der Waals surface area contributed by atoms with Crippen LogP contribution in [0.3, 0.4) is 0 Å². The van der Waals surface area contributed by atoms with Crippen LogP contribution in [0.5, 0.6) is 11.5 Å². The molecule has 4 aromatic rings. The molecular weight excluding hydrogens is 472 g/mol. The summed E-state index contributed by atoms with van der Waals surface area (Å²) in [5.41, 5.74) is 1.63. The second-order valence-corrected chi connectivity index (χ2v) is 9.11. The van der Waals surface area contributed by atoms with Crippen molar-refractivity contribution in [1.82, 2.24) is 10.2 Å². The number of hydrogen-bond acceptors (Lipinski definition) is 8. The summed E-state index contributed by atoms with van der Waals surface area (Å²) in [6, 6.07) is 17.5. The van der Waals surface area contributed by atoms with Gasteiger partial charge in [0.15, 0.2) is 0 Å². The number of nitrogens with one attached hydrogen (secondary N) is 2. The molecule has 4 rings (SSSR count). The van der Waals surface area contributed by atoms with Crippen LogP contribution in [0, 0.1) is 6.92 Å². The van der Waals surface area contributed by atoms with Crippen molar-refractivity contribution < 1.29 is 27.1 Å². The van der Waals surface area contributed by atoms with Crippen LogP contribution in [0.25, 0.3) is 11.5 Å². The van der Waals surface area contributed by atoms with Gasteiger partial charge in [0.1, 0.15) is 11.5 Å². The number of hydrogen-bond donors (Lipinski definition) is 2. The number of carbonyl (C=O) groups excluding carboxylic acids is 1. The molecule has 0 spiro atoms. The first-order valence-corrected chi connectivity index (χ1v) is 11.8. The summed E-state index contributed by atoms with van der Waals surface area (Å²) in [4.78, 5) is 13.0. The van der Waals surface area contributed by atoms with Crippen molar-refractivity contribution in [3.05, 3.63) is 77.9 Å². The Morgan fingerprint density at radius 3 is 2.23 bits per heavy atom. The third-order valence-electron chi connectivity index (χ3n) is 4.99. The molecule has 0 saturated heterocycles. The Bertz CT molecular complexity index is 1440. The molecule has 0 radical (unpaired) electrons. The van der Waals surface area contributed by atoms with Gasteiger partial charge >= 0.3 is 6.01 Å². The molecule has 0 aliphatic rings. The highest BCUT2D eigenvalue weighted by Gasteiger charge is 2.20. The Kier molecular flexibility index (Phi) is 6.69. The van der Waals surface area contributed by atoms with Gasteiger partial charge in [0.25, 0.3) is 15.9 Å². The summed E-state index contributed by atoms with van der Waals surface area (Å²) in [5.74, 6) is 0.548. The molecule has 1 aromatic heterocycles. The van der Waals surface area contributed by atoms with Crippen LogP contribution in [-0.2, 0) is 10.0 Å². The fourth-order valence-corrected chi connectivity index (χ4v) is 4.26. The molecule has 10 nitrogen and oxygen atoms in total. The monoisotopic (exact) mass is 494 g/mol. The van der Waals surface area contributed by atoms with E-state index in [1.807, 2.05) is 6.92 Å². The van der Waals surface area contributed by atoms with Crippen molar-refractivity contribution in [2.45, 2.75) is 11.8 Å². The number of aryl methyl sites for hydroxylation is 1. The fraction of sp³-hybridized carbons (Fsp3) is 0.125. The molecule has 35 heavy (non-hydrogen) atoms. The highest BCUT2D eigenvalue weighted by atomic mass is 32.2. The van der Waals surface area contributed by atoms with Crippen molar-refractivity contribution >= 4 is 27.6 Å². The van der Waals surface area contributed by atoms with Crippen LogP contribution >= 0.6 is 0 Å². The molecule has 0 aliphatic heterocycles. The maximum atomic E-state index is 12.9. The number of ether oxygens (including phenoxy) is 2. The Hall–Kier alpha value is -4.38. The Morgan fingerprint density at radius 1 is 0.914 bits per heavy atom. The average molecular weight is 495 g/mol. The van der Waals surface area contributed by atoms with Gasteiger partial charge in [0, 0.05) is 11.6 Å². The second-order valence-electron chi connectivity index (χ2n) is 7.43. The molecule has 1 heterocycles. The van der Waals surface area contributed by atoms with Gasteiger partial charge in [-0.1, -0.05) is 34.9 Å². The predicted octanol–water partition coefficient (Wildman–Crippen LogP) is 4.12. The van der Waals surface area contributed by atoms with E-state index in [2.05, 4.69) is 20.2 Å². The van der Waals surface area contributed by atoms with E-state index in [0.29, 0.717) is 17.1 Å². The summed E-state index contributed by atoms with van der Waals surface area (Å²) >= 11 is 0. The number of benzene rings is 3. The van der Waals surface area contributed by atoms with Crippen LogP contribution in [0.4, 0.5) is 11.7 Å². The van der Waals surface area contributed by atoms with E-state index < -0.39 is 15.9 Å². The Balaban J connectivity index is 1.55. The lowest BCUT2D eigenvalue weighted by atomic mass is 10.2. The van der Waals surface area contributed by atoms with Gasteiger partial charge in [-0.05, 0) is 43.3 Å². The maximum Gasteiger partial charge on any atom is 0.322 e. The average Bonchev–Trinajstić information content (AvgIpc) is 3.32. The second kappa shape index (κ2) is 9.85. The van der Waals surface area contributed by atoms with E-state index in [9.17, 15) is 13.2 Å². The van der Waals surface area contributed by atoms with Gasteiger partial charge in [-0.15, -0.1) is 5.10 Å². The maximum absolute atomic E-state index is 12.9. The normalized spacial score (nSPS) is 11.1. The van der Waals surface area contributed by atoms with Crippen molar-refractivity contribution in [3.8, 4) is 23.0 Å². The highest BCUT2D eigenvalue weighted by molar-refractivity contribution is 7.92. The first kappa shape index (κ1) is 23.8. The SMILES string of the molecule is COc1cc(OC)cc(-c2nnc(NC(=O)c3ccccc3NS(=O)(=O)c3ccc(C)cc3)o2)c1. The zero-order valence-corrected chi connectivity index (χ0v) is 19.9. The highest BCUT2D eigenvalue weighted by Crippen LogP contribution is 2.30. The number of para-hydroxylation sites is 1. The number of aromatic nitrogens is 2. The lowest BCUT2D eigenvalue weighted by Gasteiger charge is -2.12. The lowest BCUT2D eigenvalue weighted by molar-refractivity contribution is 0.102. The van der Waals surface area contributed by atoms with Crippen molar-refractivity contribution in [3.63, 3.8) is 0 Å². The van der Waals surface area contributed by atoms with Gasteiger partial charge in [-0.3, -0.25) is 14.8 Å². The molecule has 1 amide bonds. The summed E-state index contributed by atoms with van der Waals surface area (Å²) in [6.07, 6.45) is 0. The van der Waals surface area contributed by atoms with Crippen molar-refractivity contribution in [1.29, 1.82) is 0 Å². The summed E-state index contributed by atoms with van der Waals surface area (Å²) in [6.45, 7) is 1.86. The van der Waals surface area contributed by atoms with Gasteiger partial charge in [-0.25, -0.2) is 8.42 Å². The van der Waals surface area contributed by atoms with Crippen LogP contribution in [0.15, 0.2) is 76.0 Å². The van der Waals surface area contributed by atoms with Crippen LogP contribution in [-0.4, -0.2) is 38.7 Å². The standard InChI is InChI=1S/C24H22N4O6S/c1-15-8-10-19(11-9-15)35(30,31)28-21-7-5-4-6-20(21)22(29)25-24-27-26-23(34-24)16-12-17(32-2)14-18(13-16)33-3/h4-14,28H,1-3H3,(H,25,27,29). The molecule has 180 valence electrons. The van der Waals surface area contributed by atoms with Crippen LogP contribution < -0.4 is 19.5 Å². The van der Waals surface area contributed by atoms with Crippen LogP contribution in [0.2, 0.25) is 0 Å². The van der Waals surface area contributed by atoms with E-state index in [4.69, 9.17) is 13.9 Å². The Morgan fingerprint density at radius 2 is 1.57 bits per heavy atom.